The van der Waals surface area contributed by atoms with E-state index < -0.39 is 10.2 Å². The molecule has 8 heteroatoms. The molecule has 0 bridgehead atoms. The topological polar surface area (TPSA) is 75.9 Å². The maximum Gasteiger partial charge on any atom is 0.282 e. The van der Waals surface area contributed by atoms with Crippen LogP contribution in [0.1, 0.15) is 20.3 Å². The number of nitrogens with two attached hydrogens (primary N) is 1. The van der Waals surface area contributed by atoms with Gasteiger partial charge >= 0.3 is 0 Å². The van der Waals surface area contributed by atoms with E-state index in [9.17, 15) is 8.42 Å². The minimum absolute atomic E-state index is 0. The molecule has 0 saturated carbocycles. The molecular weight excluding hydrogens is 290 g/mol. The number of morpholine rings is 1. The van der Waals surface area contributed by atoms with E-state index in [-0.39, 0.29) is 23.9 Å². The van der Waals surface area contributed by atoms with Crippen LogP contribution in [0.2, 0.25) is 0 Å². The summed E-state index contributed by atoms with van der Waals surface area (Å²) in [6.07, 6.45) is 0.719. The van der Waals surface area contributed by atoms with E-state index in [1.807, 2.05) is 13.8 Å². The van der Waals surface area contributed by atoms with Crippen LogP contribution in [0.3, 0.4) is 0 Å². The maximum absolute atomic E-state index is 12.5. The Bertz CT molecular complexity index is 396. The predicted octanol–water partition coefficient (Wildman–Crippen LogP) is 0.0444. The van der Waals surface area contributed by atoms with Crippen LogP contribution in [-0.4, -0.2) is 62.5 Å². The number of piperidine rings is 1. The van der Waals surface area contributed by atoms with Gasteiger partial charge in [0.25, 0.3) is 10.2 Å². The van der Waals surface area contributed by atoms with Gasteiger partial charge in [0.05, 0.1) is 13.2 Å². The van der Waals surface area contributed by atoms with Crippen LogP contribution in [0.25, 0.3) is 0 Å². The standard InChI is InChI=1S/C11H23N3O3S.ClH/c1-11(2)9-14(4-3-10(11)12)18(15,16)13-5-7-17-8-6-13;/h10H,3-9,12H2,1-2H3;1H. The van der Waals surface area contributed by atoms with Crippen molar-refractivity contribution < 1.29 is 13.2 Å². The predicted molar refractivity (Wildman–Crippen MR) is 76.5 cm³/mol. The van der Waals surface area contributed by atoms with Crippen molar-refractivity contribution >= 4 is 22.6 Å². The summed E-state index contributed by atoms with van der Waals surface area (Å²) in [5.74, 6) is 0. The van der Waals surface area contributed by atoms with Crippen LogP contribution >= 0.6 is 12.4 Å². The lowest BCUT2D eigenvalue weighted by molar-refractivity contribution is 0.0667. The van der Waals surface area contributed by atoms with Crippen molar-refractivity contribution in [1.29, 1.82) is 0 Å². The Morgan fingerprint density at radius 1 is 1.16 bits per heavy atom. The third-order valence-electron chi connectivity index (χ3n) is 3.90. The first kappa shape index (κ1) is 17.1. The molecule has 0 amide bonds. The number of hydrogen-bond donors (Lipinski definition) is 1. The normalized spacial score (nSPS) is 29.7. The van der Waals surface area contributed by atoms with Crippen LogP contribution in [0.4, 0.5) is 0 Å². The summed E-state index contributed by atoms with van der Waals surface area (Å²) in [7, 11) is -3.35. The summed E-state index contributed by atoms with van der Waals surface area (Å²) in [5.41, 5.74) is 5.87. The number of hydrogen-bond acceptors (Lipinski definition) is 4. The van der Waals surface area contributed by atoms with Crippen LogP contribution < -0.4 is 5.73 Å². The fraction of sp³-hybridized carbons (Fsp3) is 1.00. The fourth-order valence-electron chi connectivity index (χ4n) is 2.46. The molecule has 0 aromatic heterocycles. The van der Waals surface area contributed by atoms with Crippen molar-refractivity contribution in [2.75, 3.05) is 39.4 Å². The highest BCUT2D eigenvalue weighted by molar-refractivity contribution is 7.86. The second kappa shape index (κ2) is 6.24. The number of rotatable bonds is 2. The lowest BCUT2D eigenvalue weighted by Gasteiger charge is -2.43. The molecule has 0 spiro atoms. The van der Waals surface area contributed by atoms with Crippen LogP contribution in [0, 0.1) is 5.41 Å². The van der Waals surface area contributed by atoms with Crippen molar-refractivity contribution in [2.45, 2.75) is 26.3 Å². The Balaban J connectivity index is 0.00000180. The van der Waals surface area contributed by atoms with Gasteiger partial charge in [-0.25, -0.2) is 0 Å². The molecule has 0 aromatic carbocycles. The average molecular weight is 314 g/mol. The molecule has 19 heavy (non-hydrogen) atoms. The molecule has 2 fully saturated rings. The van der Waals surface area contributed by atoms with Gasteiger partial charge in [0.1, 0.15) is 0 Å². The van der Waals surface area contributed by atoms with E-state index in [1.165, 1.54) is 4.31 Å². The van der Waals surface area contributed by atoms with Gasteiger partial charge in [-0.15, -0.1) is 12.4 Å². The van der Waals surface area contributed by atoms with Crippen molar-refractivity contribution in [1.82, 2.24) is 8.61 Å². The number of halogens is 1. The molecular formula is C11H24ClN3O3S. The van der Waals surface area contributed by atoms with Crippen molar-refractivity contribution in [3.8, 4) is 0 Å². The van der Waals surface area contributed by atoms with Crippen molar-refractivity contribution in [3.05, 3.63) is 0 Å². The first-order chi connectivity index (χ1) is 8.34. The highest BCUT2D eigenvalue weighted by Gasteiger charge is 2.40. The molecule has 114 valence electrons. The summed E-state index contributed by atoms with van der Waals surface area (Å²) < 4.78 is 33.3. The molecule has 1 atom stereocenters. The van der Waals surface area contributed by atoms with Crippen LogP contribution in [-0.2, 0) is 14.9 Å². The molecule has 2 N–H and O–H groups in total. The molecule has 2 heterocycles. The zero-order valence-corrected chi connectivity index (χ0v) is 13.2. The summed E-state index contributed by atoms with van der Waals surface area (Å²) in [4.78, 5) is 0. The van der Waals surface area contributed by atoms with Gasteiger partial charge in [-0.2, -0.15) is 17.0 Å². The van der Waals surface area contributed by atoms with Crippen LogP contribution in [0.15, 0.2) is 0 Å². The van der Waals surface area contributed by atoms with Gasteiger partial charge in [-0.1, -0.05) is 13.8 Å². The van der Waals surface area contributed by atoms with E-state index in [4.69, 9.17) is 10.5 Å². The van der Waals surface area contributed by atoms with Crippen molar-refractivity contribution in [3.63, 3.8) is 0 Å². The van der Waals surface area contributed by atoms with Gasteiger partial charge < -0.3 is 10.5 Å². The Kier molecular flexibility index (Phi) is 5.62. The Morgan fingerprint density at radius 3 is 2.26 bits per heavy atom. The van der Waals surface area contributed by atoms with E-state index in [0.29, 0.717) is 39.4 Å². The highest BCUT2D eigenvalue weighted by Crippen LogP contribution is 2.30. The highest BCUT2D eigenvalue weighted by atomic mass is 35.5. The van der Waals surface area contributed by atoms with Crippen LogP contribution in [0.5, 0.6) is 0 Å². The van der Waals surface area contributed by atoms with Gasteiger partial charge in [-0.05, 0) is 11.8 Å². The largest absolute Gasteiger partial charge is 0.379 e. The second-order valence-electron chi connectivity index (χ2n) is 5.74. The van der Waals surface area contributed by atoms with E-state index >= 15 is 0 Å². The van der Waals surface area contributed by atoms with E-state index in [2.05, 4.69) is 0 Å². The fourth-order valence-corrected chi connectivity index (χ4v) is 4.23. The summed E-state index contributed by atoms with van der Waals surface area (Å²) in [5, 5.41) is 0. The average Bonchev–Trinajstić information content (AvgIpc) is 2.33. The number of nitrogens with zero attached hydrogens (tertiary/aromatic N) is 2. The Labute approximate surface area is 121 Å². The summed E-state index contributed by atoms with van der Waals surface area (Å²) in [6.45, 7) is 6.93. The minimum atomic E-state index is -3.35. The Hall–Kier alpha value is 0.0800. The molecule has 0 aliphatic carbocycles. The molecule has 2 aliphatic heterocycles. The molecule has 0 radical (unpaired) electrons. The quantitative estimate of drug-likeness (QED) is 0.781. The number of ether oxygens (including phenoxy) is 1. The Morgan fingerprint density at radius 2 is 1.74 bits per heavy atom. The molecule has 6 nitrogen and oxygen atoms in total. The van der Waals surface area contributed by atoms with Crippen molar-refractivity contribution in [2.24, 2.45) is 11.1 Å². The third kappa shape index (κ3) is 3.59. The molecule has 0 aromatic rings. The molecule has 2 saturated heterocycles. The zero-order chi connectivity index (χ0) is 13.4. The lowest BCUT2D eigenvalue weighted by atomic mass is 9.81. The first-order valence-corrected chi connectivity index (χ1v) is 7.82. The maximum atomic E-state index is 12.5. The summed E-state index contributed by atoms with van der Waals surface area (Å²) in [6, 6.07) is 0.0636. The summed E-state index contributed by atoms with van der Waals surface area (Å²) >= 11 is 0. The van der Waals surface area contributed by atoms with Gasteiger partial charge in [0.15, 0.2) is 0 Å². The first-order valence-electron chi connectivity index (χ1n) is 6.42. The van der Waals surface area contributed by atoms with Gasteiger partial charge in [-0.3, -0.25) is 0 Å². The smallest absolute Gasteiger partial charge is 0.282 e. The third-order valence-corrected chi connectivity index (χ3v) is 5.88. The molecule has 2 aliphatic rings. The minimum Gasteiger partial charge on any atom is -0.379 e. The molecule has 1 unspecified atom stereocenters. The lowest BCUT2D eigenvalue weighted by Crippen LogP contribution is -2.57. The monoisotopic (exact) mass is 313 g/mol. The molecule has 2 rings (SSSR count). The van der Waals surface area contributed by atoms with E-state index in [1.54, 1.807) is 4.31 Å². The second-order valence-corrected chi connectivity index (χ2v) is 7.66. The SMILES string of the molecule is CC1(C)CN(S(=O)(=O)N2CCOCC2)CCC1N.Cl. The zero-order valence-electron chi connectivity index (χ0n) is 11.5. The van der Waals surface area contributed by atoms with Gasteiger partial charge in [0.2, 0.25) is 0 Å². The van der Waals surface area contributed by atoms with E-state index in [0.717, 1.165) is 6.42 Å². The van der Waals surface area contributed by atoms with Gasteiger partial charge in [0, 0.05) is 32.2 Å².